The van der Waals surface area contributed by atoms with Crippen LogP contribution in [0.2, 0.25) is 0 Å². The van der Waals surface area contributed by atoms with Crippen molar-refractivity contribution in [1.82, 2.24) is 5.32 Å². The Balaban J connectivity index is 2.47. The Hall–Kier alpha value is -1.88. The van der Waals surface area contributed by atoms with Crippen LogP contribution in [-0.4, -0.2) is 31.3 Å². The van der Waals surface area contributed by atoms with Gasteiger partial charge in [0.25, 0.3) is 0 Å². The van der Waals surface area contributed by atoms with E-state index in [0.717, 1.165) is 6.42 Å². The first-order valence-electron chi connectivity index (χ1n) is 6.07. The number of rotatable bonds is 7. The standard InChI is InChI=1S/C14H18FNO3/c1-19-13-6-4-11(10-12(13)15)5-7-14(18)16-8-2-3-9-17/h4-7,10,17H,2-3,8-9H2,1H3,(H,16,18)/b7-5+. The van der Waals surface area contributed by atoms with Crippen molar-refractivity contribution in [2.24, 2.45) is 0 Å². The molecule has 0 aliphatic heterocycles. The lowest BCUT2D eigenvalue weighted by molar-refractivity contribution is -0.116. The Kier molecular flexibility index (Phi) is 6.60. The Morgan fingerprint density at radius 3 is 2.89 bits per heavy atom. The van der Waals surface area contributed by atoms with Crippen LogP contribution in [0.25, 0.3) is 6.08 Å². The van der Waals surface area contributed by atoms with Crippen molar-refractivity contribution in [3.8, 4) is 5.75 Å². The van der Waals surface area contributed by atoms with E-state index in [1.807, 2.05) is 0 Å². The van der Waals surface area contributed by atoms with Crippen LogP contribution in [0.3, 0.4) is 0 Å². The van der Waals surface area contributed by atoms with Gasteiger partial charge in [0.2, 0.25) is 5.91 Å². The number of aliphatic hydroxyl groups excluding tert-OH is 1. The van der Waals surface area contributed by atoms with E-state index < -0.39 is 5.82 Å². The van der Waals surface area contributed by atoms with Gasteiger partial charge in [0.15, 0.2) is 11.6 Å². The molecule has 0 heterocycles. The second kappa shape index (κ2) is 8.26. The van der Waals surface area contributed by atoms with Crippen molar-refractivity contribution in [2.75, 3.05) is 20.3 Å². The Bertz CT molecular complexity index is 446. The first-order valence-corrected chi connectivity index (χ1v) is 6.07. The highest BCUT2D eigenvalue weighted by Crippen LogP contribution is 2.18. The number of nitrogens with one attached hydrogen (secondary N) is 1. The number of aliphatic hydroxyl groups is 1. The number of ether oxygens (including phenoxy) is 1. The molecule has 4 nitrogen and oxygen atoms in total. The van der Waals surface area contributed by atoms with E-state index in [4.69, 9.17) is 9.84 Å². The third-order valence-corrected chi connectivity index (χ3v) is 2.49. The molecule has 104 valence electrons. The minimum Gasteiger partial charge on any atom is -0.494 e. The van der Waals surface area contributed by atoms with E-state index in [0.29, 0.717) is 18.5 Å². The second-order valence-corrected chi connectivity index (χ2v) is 3.95. The molecule has 0 saturated carbocycles. The molecule has 0 aliphatic carbocycles. The fourth-order valence-electron chi connectivity index (χ4n) is 1.47. The van der Waals surface area contributed by atoms with Gasteiger partial charge in [0.1, 0.15) is 0 Å². The van der Waals surface area contributed by atoms with E-state index >= 15 is 0 Å². The van der Waals surface area contributed by atoms with Gasteiger partial charge in [-0.25, -0.2) is 4.39 Å². The molecule has 0 fully saturated rings. The van der Waals surface area contributed by atoms with Crippen molar-refractivity contribution < 1.29 is 19.0 Å². The van der Waals surface area contributed by atoms with E-state index in [9.17, 15) is 9.18 Å². The maximum Gasteiger partial charge on any atom is 0.243 e. The molecule has 2 N–H and O–H groups in total. The first kappa shape index (κ1) is 15.2. The van der Waals surface area contributed by atoms with Gasteiger partial charge in [0, 0.05) is 19.2 Å². The number of hydrogen-bond donors (Lipinski definition) is 2. The molecule has 0 radical (unpaired) electrons. The maximum atomic E-state index is 13.4. The molecule has 0 unspecified atom stereocenters. The number of carbonyl (C=O) groups excluding carboxylic acids is 1. The van der Waals surface area contributed by atoms with Crippen molar-refractivity contribution >= 4 is 12.0 Å². The van der Waals surface area contributed by atoms with Gasteiger partial charge in [-0.05, 0) is 36.6 Å². The molecule has 1 rings (SSSR count). The molecular weight excluding hydrogens is 249 g/mol. The third kappa shape index (κ3) is 5.52. The van der Waals surface area contributed by atoms with Gasteiger partial charge in [-0.2, -0.15) is 0 Å². The summed E-state index contributed by atoms with van der Waals surface area (Å²) in [5.74, 6) is -0.534. The predicted molar refractivity (Wildman–Crippen MR) is 71.3 cm³/mol. The average molecular weight is 267 g/mol. The molecule has 0 saturated heterocycles. The Labute approximate surface area is 111 Å². The van der Waals surface area contributed by atoms with Crippen LogP contribution in [0.4, 0.5) is 4.39 Å². The Morgan fingerprint density at radius 2 is 2.26 bits per heavy atom. The molecule has 1 aromatic carbocycles. The number of benzene rings is 1. The predicted octanol–water partition coefficient (Wildman–Crippen LogP) is 1.74. The second-order valence-electron chi connectivity index (χ2n) is 3.95. The van der Waals surface area contributed by atoms with Crippen LogP contribution in [0.5, 0.6) is 5.75 Å². The van der Waals surface area contributed by atoms with Crippen LogP contribution in [0, 0.1) is 5.82 Å². The largest absolute Gasteiger partial charge is 0.494 e. The molecule has 5 heteroatoms. The van der Waals surface area contributed by atoms with E-state index in [-0.39, 0.29) is 18.3 Å². The van der Waals surface area contributed by atoms with Gasteiger partial charge >= 0.3 is 0 Å². The van der Waals surface area contributed by atoms with Gasteiger partial charge in [-0.15, -0.1) is 0 Å². The summed E-state index contributed by atoms with van der Waals surface area (Å²) in [6, 6.07) is 4.47. The van der Waals surface area contributed by atoms with E-state index in [2.05, 4.69) is 5.32 Å². The van der Waals surface area contributed by atoms with Crippen LogP contribution < -0.4 is 10.1 Å². The number of unbranched alkanes of at least 4 members (excludes halogenated alkanes) is 1. The zero-order chi connectivity index (χ0) is 14.1. The Morgan fingerprint density at radius 1 is 1.47 bits per heavy atom. The molecule has 0 bridgehead atoms. The summed E-state index contributed by atoms with van der Waals surface area (Å²) >= 11 is 0. The summed E-state index contributed by atoms with van der Waals surface area (Å²) < 4.78 is 18.2. The minimum absolute atomic E-state index is 0.122. The summed E-state index contributed by atoms with van der Waals surface area (Å²) in [6.07, 6.45) is 4.27. The summed E-state index contributed by atoms with van der Waals surface area (Å²) in [4.78, 5) is 11.4. The van der Waals surface area contributed by atoms with Crippen LogP contribution in [0.1, 0.15) is 18.4 Å². The summed E-state index contributed by atoms with van der Waals surface area (Å²) in [5.41, 5.74) is 0.587. The topological polar surface area (TPSA) is 58.6 Å². The number of methoxy groups -OCH3 is 1. The number of hydrogen-bond acceptors (Lipinski definition) is 3. The van der Waals surface area contributed by atoms with Gasteiger partial charge in [-0.1, -0.05) is 6.07 Å². The number of halogens is 1. The quantitative estimate of drug-likeness (QED) is 0.584. The van der Waals surface area contributed by atoms with Gasteiger partial charge < -0.3 is 15.2 Å². The SMILES string of the molecule is COc1ccc(/C=C/C(=O)NCCCCO)cc1F. The van der Waals surface area contributed by atoms with Crippen molar-refractivity contribution in [3.05, 3.63) is 35.7 Å². The molecule has 1 amide bonds. The first-order chi connectivity index (χ1) is 9.17. The lowest BCUT2D eigenvalue weighted by Gasteiger charge is -2.02. The third-order valence-electron chi connectivity index (χ3n) is 2.49. The maximum absolute atomic E-state index is 13.4. The fraction of sp³-hybridized carbons (Fsp3) is 0.357. The average Bonchev–Trinajstić information content (AvgIpc) is 2.41. The van der Waals surface area contributed by atoms with Gasteiger partial charge in [-0.3, -0.25) is 4.79 Å². The number of carbonyl (C=O) groups is 1. The highest BCUT2D eigenvalue weighted by molar-refractivity contribution is 5.91. The molecular formula is C14H18FNO3. The van der Waals surface area contributed by atoms with Crippen LogP contribution in [-0.2, 0) is 4.79 Å². The molecule has 0 aromatic heterocycles. The number of amides is 1. The lowest BCUT2D eigenvalue weighted by atomic mass is 10.2. The molecule has 0 aliphatic rings. The zero-order valence-electron chi connectivity index (χ0n) is 10.9. The van der Waals surface area contributed by atoms with Crippen LogP contribution in [0.15, 0.2) is 24.3 Å². The van der Waals surface area contributed by atoms with E-state index in [1.165, 1.54) is 31.4 Å². The lowest BCUT2D eigenvalue weighted by Crippen LogP contribution is -2.22. The minimum atomic E-state index is -0.465. The summed E-state index contributed by atoms with van der Waals surface area (Å²) in [6.45, 7) is 0.636. The normalized spacial score (nSPS) is 10.7. The highest BCUT2D eigenvalue weighted by Gasteiger charge is 2.01. The molecule has 1 aromatic rings. The smallest absolute Gasteiger partial charge is 0.243 e. The molecule has 0 spiro atoms. The van der Waals surface area contributed by atoms with Crippen molar-refractivity contribution in [3.63, 3.8) is 0 Å². The fourth-order valence-corrected chi connectivity index (χ4v) is 1.47. The van der Waals surface area contributed by atoms with Crippen LogP contribution >= 0.6 is 0 Å². The highest BCUT2D eigenvalue weighted by atomic mass is 19.1. The van der Waals surface area contributed by atoms with Gasteiger partial charge in [0.05, 0.1) is 7.11 Å². The molecule has 19 heavy (non-hydrogen) atoms. The monoisotopic (exact) mass is 267 g/mol. The van der Waals surface area contributed by atoms with Crippen molar-refractivity contribution in [1.29, 1.82) is 0 Å². The zero-order valence-corrected chi connectivity index (χ0v) is 10.9. The molecule has 0 atom stereocenters. The van der Waals surface area contributed by atoms with E-state index in [1.54, 1.807) is 6.07 Å². The van der Waals surface area contributed by atoms with Crippen molar-refractivity contribution in [2.45, 2.75) is 12.8 Å². The summed E-state index contributed by atoms with van der Waals surface area (Å²) in [7, 11) is 1.40. The summed E-state index contributed by atoms with van der Waals surface area (Å²) in [5, 5.41) is 11.2.